The Kier molecular flexibility index (Phi) is 5.10. The van der Waals surface area contributed by atoms with Crippen molar-refractivity contribution in [3.05, 3.63) is 28.1 Å². The van der Waals surface area contributed by atoms with E-state index in [1.807, 2.05) is 0 Å². The Morgan fingerprint density at radius 2 is 2.05 bits per heavy atom. The monoisotopic (exact) mass is 327 g/mol. The number of nitrogens with one attached hydrogen (secondary N) is 1. The molecule has 0 aliphatic carbocycles. The summed E-state index contributed by atoms with van der Waals surface area (Å²) in [6, 6.07) is 0.526. The third-order valence-corrected chi connectivity index (χ3v) is 3.41. The summed E-state index contributed by atoms with van der Waals surface area (Å²) in [4.78, 5) is 12.9. The van der Waals surface area contributed by atoms with Gasteiger partial charge in [-0.2, -0.15) is 13.2 Å². The van der Waals surface area contributed by atoms with Crippen molar-refractivity contribution in [3.63, 3.8) is 0 Å². The van der Waals surface area contributed by atoms with Gasteiger partial charge < -0.3 is 5.32 Å². The largest absolute Gasteiger partial charge is 0.433 e. The predicted molar refractivity (Wildman–Crippen MR) is 68.7 cm³/mol. The van der Waals surface area contributed by atoms with E-state index >= 15 is 0 Å². The number of nitro groups is 1. The van der Waals surface area contributed by atoms with Crippen LogP contribution >= 0.6 is 0 Å². The zero-order valence-electron chi connectivity index (χ0n) is 10.8. The molecular weight excluding hydrogens is 315 g/mol. The summed E-state index contributed by atoms with van der Waals surface area (Å²) in [5, 5.41) is 13.2. The quantitative estimate of drug-likeness (QED) is 0.486. The van der Waals surface area contributed by atoms with Gasteiger partial charge in [-0.1, -0.05) is 0 Å². The summed E-state index contributed by atoms with van der Waals surface area (Å²) < 4.78 is 59.3. The van der Waals surface area contributed by atoms with E-state index in [0.717, 1.165) is 6.26 Å². The van der Waals surface area contributed by atoms with Crippen LogP contribution in [0.3, 0.4) is 0 Å². The van der Waals surface area contributed by atoms with Crippen molar-refractivity contribution < 1.29 is 26.5 Å². The number of rotatable bonds is 6. The van der Waals surface area contributed by atoms with Crippen LogP contribution in [-0.2, 0) is 16.0 Å². The summed E-state index contributed by atoms with van der Waals surface area (Å²) >= 11 is 0. The summed E-state index contributed by atoms with van der Waals surface area (Å²) in [7, 11) is -3.20. The number of halogens is 3. The zero-order valence-corrected chi connectivity index (χ0v) is 11.7. The number of aromatic nitrogens is 1. The molecule has 1 aromatic heterocycles. The zero-order chi connectivity index (χ0) is 16.3. The Balaban J connectivity index is 2.89. The lowest BCUT2D eigenvalue weighted by Crippen LogP contribution is -2.13. The highest BCUT2D eigenvalue weighted by atomic mass is 32.2. The smallest absolute Gasteiger partial charge is 0.379 e. The molecule has 0 saturated heterocycles. The number of hydrogen-bond donors (Lipinski definition) is 1. The van der Waals surface area contributed by atoms with Crippen LogP contribution in [0.4, 0.5) is 24.5 Å². The summed E-state index contributed by atoms with van der Waals surface area (Å²) in [5.41, 5.74) is -2.23. The molecule has 21 heavy (non-hydrogen) atoms. The van der Waals surface area contributed by atoms with Crippen molar-refractivity contribution in [2.45, 2.75) is 12.6 Å². The van der Waals surface area contributed by atoms with Gasteiger partial charge in [0, 0.05) is 12.8 Å². The Bertz CT molecular complexity index is 631. The Morgan fingerprint density at radius 3 is 2.52 bits per heavy atom. The fourth-order valence-corrected chi connectivity index (χ4v) is 2.12. The van der Waals surface area contributed by atoms with Crippen molar-refractivity contribution in [2.75, 3.05) is 23.9 Å². The maximum absolute atomic E-state index is 12.5. The fraction of sp³-hybridized carbons (Fsp3) is 0.500. The van der Waals surface area contributed by atoms with E-state index in [4.69, 9.17) is 0 Å². The minimum atomic E-state index is -4.72. The highest BCUT2D eigenvalue weighted by Gasteiger charge is 2.34. The lowest BCUT2D eigenvalue weighted by Gasteiger charge is -2.10. The van der Waals surface area contributed by atoms with Crippen LogP contribution in [-0.4, -0.2) is 36.9 Å². The third-order valence-electron chi connectivity index (χ3n) is 2.38. The van der Waals surface area contributed by atoms with Crippen LogP contribution in [0.1, 0.15) is 12.1 Å². The van der Waals surface area contributed by atoms with Crippen molar-refractivity contribution in [1.82, 2.24) is 4.98 Å². The van der Waals surface area contributed by atoms with Crippen molar-refractivity contribution in [1.29, 1.82) is 0 Å². The van der Waals surface area contributed by atoms with Crippen LogP contribution in [0.25, 0.3) is 0 Å². The molecule has 1 aromatic rings. The van der Waals surface area contributed by atoms with Crippen LogP contribution < -0.4 is 5.32 Å². The van der Waals surface area contributed by atoms with Gasteiger partial charge in [0.25, 0.3) is 0 Å². The van der Waals surface area contributed by atoms with Crippen LogP contribution in [0, 0.1) is 10.1 Å². The van der Waals surface area contributed by atoms with Gasteiger partial charge in [0.2, 0.25) is 0 Å². The third kappa shape index (κ3) is 5.53. The van der Waals surface area contributed by atoms with Gasteiger partial charge in [-0.15, -0.1) is 0 Å². The van der Waals surface area contributed by atoms with Crippen LogP contribution in [0.5, 0.6) is 0 Å². The predicted octanol–water partition coefficient (Wildman–Crippen LogP) is 1.86. The molecule has 1 N–H and O–H groups in total. The van der Waals surface area contributed by atoms with Crippen LogP contribution in [0.15, 0.2) is 12.3 Å². The normalized spacial score (nSPS) is 12.2. The molecule has 1 rings (SSSR count). The lowest BCUT2D eigenvalue weighted by atomic mass is 10.2. The lowest BCUT2D eigenvalue weighted by molar-refractivity contribution is -0.384. The second-order valence-corrected chi connectivity index (χ2v) is 6.51. The van der Waals surface area contributed by atoms with Crippen molar-refractivity contribution in [2.24, 2.45) is 0 Å². The standard InChI is InChI=1S/C10H12F3N3O4S/c1-21(19,20)4-2-3-14-7-5-9(10(11,12)13)15-6-8(7)16(17)18/h5-6H,2-4H2,1H3,(H,14,15). The molecule has 0 aliphatic heterocycles. The number of pyridine rings is 1. The van der Waals surface area contributed by atoms with Gasteiger partial charge in [0.15, 0.2) is 0 Å². The van der Waals surface area contributed by atoms with Gasteiger partial charge >= 0.3 is 11.9 Å². The van der Waals surface area contributed by atoms with Crippen molar-refractivity contribution >= 4 is 21.2 Å². The second kappa shape index (κ2) is 6.24. The highest BCUT2D eigenvalue weighted by molar-refractivity contribution is 7.90. The minimum absolute atomic E-state index is 0.0186. The second-order valence-electron chi connectivity index (χ2n) is 4.25. The first-order chi connectivity index (χ1) is 9.50. The fourth-order valence-electron chi connectivity index (χ4n) is 1.45. The number of sulfone groups is 1. The van der Waals surface area contributed by atoms with Gasteiger partial charge in [-0.3, -0.25) is 10.1 Å². The van der Waals surface area contributed by atoms with Crippen molar-refractivity contribution in [3.8, 4) is 0 Å². The van der Waals surface area contributed by atoms with Gasteiger partial charge in [-0.25, -0.2) is 13.4 Å². The molecule has 0 radical (unpaired) electrons. The van der Waals surface area contributed by atoms with Gasteiger partial charge in [-0.05, 0) is 12.5 Å². The molecule has 118 valence electrons. The van der Waals surface area contributed by atoms with E-state index in [1.54, 1.807) is 0 Å². The maximum Gasteiger partial charge on any atom is 0.433 e. The molecule has 0 aromatic carbocycles. The Labute approximate surface area is 118 Å². The van der Waals surface area contributed by atoms with Gasteiger partial charge in [0.1, 0.15) is 27.4 Å². The first kappa shape index (κ1) is 17.1. The molecule has 1 heterocycles. The van der Waals surface area contributed by atoms with Crippen LogP contribution in [0.2, 0.25) is 0 Å². The number of nitrogens with zero attached hydrogens (tertiary/aromatic N) is 2. The SMILES string of the molecule is CS(=O)(=O)CCCNc1cc(C(F)(F)F)ncc1[N+](=O)[O-]. The van der Waals surface area contributed by atoms with E-state index < -0.39 is 32.3 Å². The molecule has 11 heteroatoms. The Hall–Kier alpha value is -1.91. The van der Waals surface area contributed by atoms with Gasteiger partial charge in [0.05, 0.1) is 10.7 Å². The number of alkyl halides is 3. The number of anilines is 1. The average Bonchev–Trinajstić information content (AvgIpc) is 2.32. The summed E-state index contributed by atoms with van der Waals surface area (Å²) in [6.45, 7) is -0.0186. The van der Waals surface area contributed by atoms with E-state index in [0.29, 0.717) is 12.3 Å². The van der Waals surface area contributed by atoms with E-state index in [1.165, 1.54) is 0 Å². The average molecular weight is 327 g/mol. The first-order valence-corrected chi connectivity index (χ1v) is 7.70. The molecule has 7 nitrogen and oxygen atoms in total. The minimum Gasteiger partial charge on any atom is -0.379 e. The topological polar surface area (TPSA) is 102 Å². The van der Waals surface area contributed by atoms with E-state index in [2.05, 4.69) is 10.3 Å². The van der Waals surface area contributed by atoms with E-state index in [-0.39, 0.29) is 24.4 Å². The maximum atomic E-state index is 12.5. The summed E-state index contributed by atoms with van der Waals surface area (Å²) in [5.74, 6) is -0.176. The molecular formula is C10H12F3N3O4S. The molecule has 0 atom stereocenters. The van der Waals surface area contributed by atoms with E-state index in [9.17, 15) is 31.7 Å². The first-order valence-electron chi connectivity index (χ1n) is 5.64. The molecule has 0 unspecified atom stereocenters. The molecule has 0 aliphatic rings. The molecule has 0 saturated carbocycles. The number of hydrogen-bond acceptors (Lipinski definition) is 6. The molecule has 0 fully saturated rings. The Morgan fingerprint density at radius 1 is 1.43 bits per heavy atom. The molecule has 0 amide bonds. The molecule has 0 spiro atoms. The molecule has 0 bridgehead atoms. The summed E-state index contributed by atoms with van der Waals surface area (Å²) in [6.07, 6.45) is -3.08. The highest BCUT2D eigenvalue weighted by Crippen LogP contribution is 2.32.